The lowest BCUT2D eigenvalue weighted by atomic mass is 9.83. The van der Waals surface area contributed by atoms with Crippen molar-refractivity contribution in [2.45, 2.75) is 50.7 Å². The number of rotatable bonds is 5. The normalized spacial score (nSPS) is 17.0. The average molecular weight is 409 g/mol. The van der Waals surface area contributed by atoms with Gasteiger partial charge in [-0.25, -0.2) is 4.79 Å². The summed E-state index contributed by atoms with van der Waals surface area (Å²) in [7, 11) is 1.53. The predicted octanol–water partition coefficient (Wildman–Crippen LogP) is 3.35. The summed E-state index contributed by atoms with van der Waals surface area (Å²) in [5, 5.41) is 12.2. The molecule has 1 N–H and O–H groups in total. The Morgan fingerprint density at radius 2 is 2.00 bits per heavy atom. The summed E-state index contributed by atoms with van der Waals surface area (Å²) in [5.41, 5.74) is -0.543. The number of esters is 1. The maximum absolute atomic E-state index is 12.3. The smallest absolute Gasteiger partial charge is 0.338 e. The summed E-state index contributed by atoms with van der Waals surface area (Å²) >= 11 is 3.30. The Bertz CT molecular complexity index is 693. The summed E-state index contributed by atoms with van der Waals surface area (Å²) in [4.78, 5) is 24.6. The number of carbonyl (C=O) groups is 2. The van der Waals surface area contributed by atoms with Crippen molar-refractivity contribution < 1.29 is 19.1 Å². The molecular formula is C18H21BrN2O4. The summed E-state index contributed by atoms with van der Waals surface area (Å²) < 4.78 is 11.0. The third kappa shape index (κ3) is 4.73. The summed E-state index contributed by atoms with van der Waals surface area (Å²) in [6.45, 7) is 1.50. The fraction of sp³-hybridized carbons (Fsp3) is 0.500. The van der Waals surface area contributed by atoms with E-state index in [-0.39, 0.29) is 0 Å². The molecule has 0 bridgehead atoms. The Hall–Kier alpha value is -2.07. The van der Waals surface area contributed by atoms with Crippen molar-refractivity contribution >= 4 is 27.8 Å². The van der Waals surface area contributed by atoms with Crippen molar-refractivity contribution in [3.05, 3.63) is 28.2 Å². The molecule has 0 saturated heterocycles. The van der Waals surface area contributed by atoms with Crippen LogP contribution in [0.5, 0.6) is 5.75 Å². The van der Waals surface area contributed by atoms with Crippen LogP contribution in [0, 0.1) is 11.3 Å². The van der Waals surface area contributed by atoms with Gasteiger partial charge < -0.3 is 14.8 Å². The van der Waals surface area contributed by atoms with Crippen LogP contribution < -0.4 is 10.1 Å². The number of nitrogens with one attached hydrogen (secondary N) is 1. The predicted molar refractivity (Wildman–Crippen MR) is 95.1 cm³/mol. The minimum atomic E-state index is -0.986. The van der Waals surface area contributed by atoms with E-state index in [2.05, 4.69) is 27.3 Å². The van der Waals surface area contributed by atoms with Crippen LogP contribution in [0.15, 0.2) is 22.7 Å². The van der Waals surface area contributed by atoms with Gasteiger partial charge >= 0.3 is 5.97 Å². The van der Waals surface area contributed by atoms with Crippen LogP contribution in [0.4, 0.5) is 0 Å². The van der Waals surface area contributed by atoms with Gasteiger partial charge in [0, 0.05) is 0 Å². The van der Waals surface area contributed by atoms with Gasteiger partial charge in [-0.05, 0) is 53.9 Å². The molecule has 1 aliphatic rings. The molecule has 0 unspecified atom stereocenters. The first-order valence-electron chi connectivity index (χ1n) is 8.18. The zero-order valence-corrected chi connectivity index (χ0v) is 15.9. The van der Waals surface area contributed by atoms with Gasteiger partial charge in [-0.1, -0.05) is 19.3 Å². The van der Waals surface area contributed by atoms with E-state index >= 15 is 0 Å². The molecule has 1 aliphatic carbocycles. The minimum absolute atomic E-state index is 0.306. The van der Waals surface area contributed by atoms with Crippen molar-refractivity contribution in [2.75, 3.05) is 7.11 Å². The monoisotopic (exact) mass is 408 g/mol. The maximum atomic E-state index is 12.3. The molecule has 0 aliphatic heterocycles. The maximum Gasteiger partial charge on any atom is 0.338 e. The summed E-state index contributed by atoms with van der Waals surface area (Å²) in [5.74, 6) is -0.472. The molecule has 1 atom stereocenters. The fourth-order valence-corrected chi connectivity index (χ4v) is 3.37. The third-order valence-electron chi connectivity index (χ3n) is 4.32. The number of ether oxygens (including phenoxy) is 2. The van der Waals surface area contributed by atoms with Gasteiger partial charge in [0.15, 0.2) is 6.10 Å². The number of carbonyl (C=O) groups excluding carboxylic acids is 2. The quantitative estimate of drug-likeness (QED) is 0.754. The molecule has 1 fully saturated rings. The molecular weight excluding hydrogens is 388 g/mol. The van der Waals surface area contributed by atoms with Crippen molar-refractivity contribution in [1.29, 1.82) is 5.26 Å². The van der Waals surface area contributed by atoms with Crippen molar-refractivity contribution in [3.8, 4) is 11.8 Å². The standard InChI is InChI=1S/C18H21BrN2O4/c1-12(16(22)21-18(11-20)8-4-3-5-9-18)25-17(23)13-6-7-15(24-2)14(19)10-13/h6-7,10,12H,3-5,8-9H2,1-2H3,(H,21,22)/t12-/m0/s1. The SMILES string of the molecule is COc1ccc(C(=O)O[C@@H](C)C(=O)NC2(C#N)CCCCC2)cc1Br. The molecule has 0 aromatic heterocycles. The first kappa shape index (κ1) is 19.3. The van der Waals surface area contributed by atoms with Crippen LogP contribution >= 0.6 is 15.9 Å². The topological polar surface area (TPSA) is 88.4 Å². The van der Waals surface area contributed by atoms with Crippen LogP contribution in [0.25, 0.3) is 0 Å². The number of halogens is 1. The highest BCUT2D eigenvalue weighted by Crippen LogP contribution is 2.28. The van der Waals surface area contributed by atoms with E-state index in [1.807, 2.05) is 0 Å². The number of nitrogens with zero attached hydrogens (tertiary/aromatic N) is 1. The van der Waals surface area contributed by atoms with Gasteiger partial charge in [0.25, 0.3) is 5.91 Å². The number of amides is 1. The van der Waals surface area contributed by atoms with Crippen LogP contribution in [-0.4, -0.2) is 30.6 Å². The van der Waals surface area contributed by atoms with E-state index in [1.54, 1.807) is 18.2 Å². The fourth-order valence-electron chi connectivity index (χ4n) is 2.83. The second-order valence-electron chi connectivity index (χ2n) is 6.14. The Labute approximate surface area is 155 Å². The van der Waals surface area contributed by atoms with Crippen LogP contribution in [-0.2, 0) is 9.53 Å². The zero-order valence-electron chi connectivity index (χ0n) is 14.3. The van der Waals surface area contributed by atoms with Crippen molar-refractivity contribution in [3.63, 3.8) is 0 Å². The molecule has 7 heteroatoms. The lowest BCUT2D eigenvalue weighted by Gasteiger charge is -2.32. The number of methoxy groups -OCH3 is 1. The van der Waals surface area contributed by atoms with Gasteiger partial charge in [0.05, 0.1) is 23.2 Å². The number of hydrogen-bond donors (Lipinski definition) is 1. The van der Waals surface area contributed by atoms with E-state index in [9.17, 15) is 14.9 Å². The van der Waals surface area contributed by atoms with Crippen LogP contribution in [0.2, 0.25) is 0 Å². The van der Waals surface area contributed by atoms with Gasteiger partial charge in [-0.3, -0.25) is 4.79 Å². The highest BCUT2D eigenvalue weighted by atomic mass is 79.9. The Morgan fingerprint density at radius 1 is 1.32 bits per heavy atom. The molecule has 1 aromatic rings. The zero-order chi connectivity index (χ0) is 18.4. The van der Waals surface area contributed by atoms with Crippen molar-refractivity contribution in [1.82, 2.24) is 5.32 Å². The molecule has 0 spiro atoms. The number of hydrogen-bond acceptors (Lipinski definition) is 5. The Balaban J connectivity index is 1.99. The Morgan fingerprint density at radius 3 is 2.56 bits per heavy atom. The second-order valence-corrected chi connectivity index (χ2v) is 7.00. The summed E-state index contributed by atoms with van der Waals surface area (Å²) in [6.07, 6.45) is 3.14. The molecule has 6 nitrogen and oxygen atoms in total. The van der Waals surface area contributed by atoms with Gasteiger partial charge in [0.2, 0.25) is 0 Å². The molecule has 134 valence electrons. The van der Waals surface area contributed by atoms with E-state index in [4.69, 9.17) is 9.47 Å². The average Bonchev–Trinajstić information content (AvgIpc) is 2.62. The molecule has 2 rings (SSSR count). The van der Waals surface area contributed by atoms with E-state index in [0.717, 1.165) is 19.3 Å². The van der Waals surface area contributed by atoms with E-state index < -0.39 is 23.5 Å². The van der Waals surface area contributed by atoms with E-state index in [0.29, 0.717) is 28.6 Å². The van der Waals surface area contributed by atoms with Gasteiger partial charge in [-0.2, -0.15) is 5.26 Å². The lowest BCUT2D eigenvalue weighted by molar-refractivity contribution is -0.130. The van der Waals surface area contributed by atoms with Crippen molar-refractivity contribution in [2.24, 2.45) is 0 Å². The first-order valence-corrected chi connectivity index (χ1v) is 8.98. The number of nitriles is 1. The van der Waals surface area contributed by atoms with Crippen LogP contribution in [0.1, 0.15) is 49.4 Å². The molecule has 0 heterocycles. The highest BCUT2D eigenvalue weighted by molar-refractivity contribution is 9.10. The van der Waals surface area contributed by atoms with E-state index in [1.165, 1.54) is 14.0 Å². The Kier molecular flexibility index (Phi) is 6.43. The largest absolute Gasteiger partial charge is 0.496 e. The molecule has 1 saturated carbocycles. The highest BCUT2D eigenvalue weighted by Gasteiger charge is 2.35. The third-order valence-corrected chi connectivity index (χ3v) is 4.94. The molecule has 1 amide bonds. The molecule has 0 radical (unpaired) electrons. The van der Waals surface area contributed by atoms with Gasteiger partial charge in [-0.15, -0.1) is 0 Å². The van der Waals surface area contributed by atoms with Crippen LogP contribution in [0.3, 0.4) is 0 Å². The lowest BCUT2D eigenvalue weighted by Crippen LogP contribution is -2.52. The minimum Gasteiger partial charge on any atom is -0.496 e. The molecule has 25 heavy (non-hydrogen) atoms. The molecule has 1 aromatic carbocycles. The number of benzene rings is 1. The second kappa shape index (κ2) is 8.34. The first-order chi connectivity index (χ1) is 11.9. The summed E-state index contributed by atoms with van der Waals surface area (Å²) in [6, 6.07) is 6.99. The van der Waals surface area contributed by atoms with Gasteiger partial charge in [0.1, 0.15) is 11.3 Å².